The molecule has 0 N–H and O–H groups in total. The van der Waals surface area contributed by atoms with Crippen LogP contribution in [-0.4, -0.2) is 30.4 Å². The number of hydrogen-bond acceptors (Lipinski definition) is 3. The fraction of sp³-hybridized carbons (Fsp3) is 0.111. The molecule has 1 aliphatic rings. The molecule has 0 saturated carbocycles. The van der Waals surface area contributed by atoms with Gasteiger partial charge in [0.25, 0.3) is 11.8 Å². The standard InChI is InChI=1S/C18H14ClNO3/c1-23-14-8-6-12(7-9-14)13(10-19)11-20-17(21)15-4-2-3-5-16(15)18(20)22/h2-10H,11H2,1H3/b13-10-. The molecule has 2 amide bonds. The van der Waals surface area contributed by atoms with Gasteiger partial charge in [0.05, 0.1) is 24.8 Å². The lowest BCUT2D eigenvalue weighted by molar-refractivity contribution is 0.0675. The van der Waals surface area contributed by atoms with Gasteiger partial charge in [0.2, 0.25) is 0 Å². The molecule has 0 atom stereocenters. The third-order valence-electron chi connectivity index (χ3n) is 3.80. The van der Waals surface area contributed by atoms with E-state index in [-0.39, 0.29) is 18.4 Å². The Morgan fingerprint density at radius 2 is 1.61 bits per heavy atom. The molecular weight excluding hydrogens is 314 g/mol. The van der Waals surface area contributed by atoms with Crippen molar-refractivity contribution in [3.8, 4) is 5.75 Å². The van der Waals surface area contributed by atoms with Gasteiger partial charge in [0.15, 0.2) is 0 Å². The fourth-order valence-corrected chi connectivity index (χ4v) is 2.74. The molecule has 0 aromatic heterocycles. The van der Waals surface area contributed by atoms with E-state index in [4.69, 9.17) is 16.3 Å². The number of methoxy groups -OCH3 is 1. The monoisotopic (exact) mass is 327 g/mol. The van der Waals surface area contributed by atoms with Crippen molar-refractivity contribution in [2.75, 3.05) is 13.7 Å². The van der Waals surface area contributed by atoms with Crippen LogP contribution < -0.4 is 4.74 Å². The van der Waals surface area contributed by atoms with E-state index in [0.717, 1.165) is 11.3 Å². The van der Waals surface area contributed by atoms with Gasteiger partial charge in [-0.2, -0.15) is 0 Å². The molecule has 0 spiro atoms. The third kappa shape index (κ3) is 2.73. The number of rotatable bonds is 4. The Kier molecular flexibility index (Phi) is 4.17. The molecule has 0 radical (unpaired) electrons. The lowest BCUT2D eigenvalue weighted by Gasteiger charge is -2.16. The third-order valence-corrected chi connectivity index (χ3v) is 4.06. The van der Waals surface area contributed by atoms with Crippen molar-refractivity contribution in [3.05, 3.63) is 70.8 Å². The first-order chi connectivity index (χ1) is 11.2. The zero-order valence-corrected chi connectivity index (χ0v) is 13.2. The van der Waals surface area contributed by atoms with E-state index in [1.807, 2.05) is 12.1 Å². The highest BCUT2D eigenvalue weighted by molar-refractivity contribution is 6.28. The summed E-state index contributed by atoms with van der Waals surface area (Å²) in [4.78, 5) is 26.0. The van der Waals surface area contributed by atoms with Crippen molar-refractivity contribution in [2.45, 2.75) is 0 Å². The Balaban J connectivity index is 1.86. The van der Waals surface area contributed by atoms with Gasteiger partial charge in [-0.15, -0.1) is 0 Å². The molecule has 1 heterocycles. The summed E-state index contributed by atoms with van der Waals surface area (Å²) in [5.74, 6) is 0.133. The van der Waals surface area contributed by atoms with Crippen LogP contribution in [0.25, 0.3) is 5.57 Å². The molecule has 0 aliphatic carbocycles. The van der Waals surface area contributed by atoms with Gasteiger partial charge in [-0.1, -0.05) is 35.9 Å². The zero-order chi connectivity index (χ0) is 16.4. The van der Waals surface area contributed by atoms with Crippen LogP contribution in [0.2, 0.25) is 0 Å². The van der Waals surface area contributed by atoms with E-state index in [9.17, 15) is 9.59 Å². The predicted octanol–water partition coefficient (Wildman–Crippen LogP) is 3.57. The van der Waals surface area contributed by atoms with E-state index in [0.29, 0.717) is 16.7 Å². The number of benzene rings is 2. The Labute approximate surface area is 138 Å². The maximum absolute atomic E-state index is 12.4. The highest BCUT2D eigenvalue weighted by atomic mass is 35.5. The molecule has 0 fully saturated rings. The maximum atomic E-state index is 12.4. The van der Waals surface area contributed by atoms with E-state index in [2.05, 4.69) is 0 Å². The second-order valence-electron chi connectivity index (χ2n) is 5.10. The van der Waals surface area contributed by atoms with Crippen molar-refractivity contribution < 1.29 is 14.3 Å². The number of carbonyl (C=O) groups excluding carboxylic acids is 2. The first-order valence-corrected chi connectivity index (χ1v) is 7.48. The van der Waals surface area contributed by atoms with Crippen LogP contribution in [0.1, 0.15) is 26.3 Å². The number of ether oxygens (including phenoxy) is 1. The van der Waals surface area contributed by atoms with Crippen LogP contribution in [0.5, 0.6) is 5.75 Å². The number of amides is 2. The van der Waals surface area contributed by atoms with Gasteiger partial charge in [-0.3, -0.25) is 14.5 Å². The summed E-state index contributed by atoms with van der Waals surface area (Å²) in [6.45, 7) is 0.127. The summed E-state index contributed by atoms with van der Waals surface area (Å²) in [5, 5.41) is 0. The van der Waals surface area contributed by atoms with Crippen molar-refractivity contribution in [1.29, 1.82) is 0 Å². The smallest absolute Gasteiger partial charge is 0.261 e. The Hall–Kier alpha value is -2.59. The summed E-state index contributed by atoms with van der Waals surface area (Å²) < 4.78 is 5.12. The van der Waals surface area contributed by atoms with E-state index < -0.39 is 0 Å². The van der Waals surface area contributed by atoms with Crippen molar-refractivity contribution in [3.63, 3.8) is 0 Å². The number of hydrogen-bond donors (Lipinski definition) is 0. The molecule has 0 bridgehead atoms. The lowest BCUT2D eigenvalue weighted by atomic mass is 10.1. The van der Waals surface area contributed by atoms with Gasteiger partial charge in [0.1, 0.15) is 5.75 Å². The van der Waals surface area contributed by atoms with Crippen LogP contribution in [0.15, 0.2) is 54.1 Å². The van der Waals surface area contributed by atoms with Gasteiger partial charge in [-0.05, 0) is 35.4 Å². The van der Waals surface area contributed by atoms with Gasteiger partial charge < -0.3 is 4.74 Å². The van der Waals surface area contributed by atoms with Crippen LogP contribution in [0, 0.1) is 0 Å². The predicted molar refractivity (Wildman–Crippen MR) is 88.6 cm³/mol. The lowest BCUT2D eigenvalue weighted by Crippen LogP contribution is -2.31. The molecule has 4 nitrogen and oxygen atoms in total. The van der Waals surface area contributed by atoms with Crippen molar-refractivity contribution in [2.24, 2.45) is 0 Å². The molecule has 116 valence electrons. The minimum atomic E-state index is -0.296. The Morgan fingerprint density at radius 3 is 2.09 bits per heavy atom. The molecule has 5 heteroatoms. The molecule has 23 heavy (non-hydrogen) atoms. The zero-order valence-electron chi connectivity index (χ0n) is 12.5. The molecule has 0 saturated heterocycles. The molecule has 3 rings (SSSR count). The van der Waals surface area contributed by atoms with Crippen molar-refractivity contribution >= 4 is 29.0 Å². The Morgan fingerprint density at radius 1 is 1.04 bits per heavy atom. The topological polar surface area (TPSA) is 46.6 Å². The molecule has 2 aromatic carbocycles. The Bertz CT molecular complexity index is 761. The summed E-state index contributed by atoms with van der Waals surface area (Å²) in [5.41, 5.74) is 3.77. The number of carbonyl (C=O) groups is 2. The summed E-state index contributed by atoms with van der Waals surface area (Å²) in [7, 11) is 1.59. The van der Waals surface area contributed by atoms with E-state index in [1.54, 1.807) is 43.5 Å². The summed E-state index contributed by atoms with van der Waals surface area (Å²) in [6, 6.07) is 14.1. The number of fused-ring (bicyclic) bond motifs is 1. The fourth-order valence-electron chi connectivity index (χ4n) is 2.55. The number of nitrogens with zero attached hydrogens (tertiary/aromatic N) is 1. The maximum Gasteiger partial charge on any atom is 0.261 e. The van der Waals surface area contributed by atoms with Gasteiger partial charge >= 0.3 is 0 Å². The minimum Gasteiger partial charge on any atom is -0.497 e. The van der Waals surface area contributed by atoms with E-state index >= 15 is 0 Å². The number of imide groups is 1. The van der Waals surface area contributed by atoms with Crippen LogP contribution in [0.3, 0.4) is 0 Å². The summed E-state index contributed by atoms with van der Waals surface area (Å²) >= 11 is 5.92. The highest BCUT2D eigenvalue weighted by Crippen LogP contribution is 2.26. The number of halogens is 1. The van der Waals surface area contributed by atoms with Gasteiger partial charge in [0, 0.05) is 5.54 Å². The largest absolute Gasteiger partial charge is 0.497 e. The van der Waals surface area contributed by atoms with Crippen LogP contribution in [0.4, 0.5) is 0 Å². The first kappa shape index (κ1) is 15.3. The molecular formula is C18H14ClNO3. The summed E-state index contributed by atoms with van der Waals surface area (Å²) in [6.07, 6.45) is 0. The highest BCUT2D eigenvalue weighted by Gasteiger charge is 2.35. The second-order valence-corrected chi connectivity index (χ2v) is 5.32. The van der Waals surface area contributed by atoms with Crippen LogP contribution in [-0.2, 0) is 0 Å². The van der Waals surface area contributed by atoms with Crippen LogP contribution >= 0.6 is 11.6 Å². The average molecular weight is 328 g/mol. The van der Waals surface area contributed by atoms with Crippen molar-refractivity contribution in [1.82, 2.24) is 4.90 Å². The molecule has 0 unspecified atom stereocenters. The second kappa shape index (κ2) is 6.26. The normalized spacial score (nSPS) is 14.2. The SMILES string of the molecule is COc1ccc(/C(=C\Cl)CN2C(=O)c3ccccc3C2=O)cc1. The average Bonchev–Trinajstić information content (AvgIpc) is 2.84. The van der Waals surface area contributed by atoms with E-state index in [1.165, 1.54) is 10.4 Å². The molecule has 2 aromatic rings. The quantitative estimate of drug-likeness (QED) is 0.806. The first-order valence-electron chi connectivity index (χ1n) is 7.04. The van der Waals surface area contributed by atoms with Gasteiger partial charge in [-0.25, -0.2) is 0 Å². The molecule has 1 aliphatic heterocycles. The minimum absolute atomic E-state index is 0.127.